The van der Waals surface area contributed by atoms with Crippen molar-refractivity contribution in [2.75, 3.05) is 62.7 Å². The number of phenolic OH excluding ortho intramolecular Hbond substituents is 1. The average Bonchev–Trinajstić information content (AvgIpc) is 3.10. The summed E-state index contributed by atoms with van der Waals surface area (Å²) in [6.45, 7) is 2.75. The van der Waals surface area contributed by atoms with Crippen LogP contribution in [0, 0.1) is 0 Å². The lowest BCUT2D eigenvalue weighted by Crippen LogP contribution is -2.48. The number of nitrogens with zero attached hydrogens (tertiary/aromatic N) is 5. The number of carbonyl (C=O) groups is 1. The third-order valence-electron chi connectivity index (χ3n) is 5.59. The van der Waals surface area contributed by atoms with Gasteiger partial charge in [-0.2, -0.15) is 5.10 Å². The van der Waals surface area contributed by atoms with E-state index in [0.717, 1.165) is 40.3 Å². The number of amides is 1. The van der Waals surface area contributed by atoms with Crippen LogP contribution >= 0.6 is 10.0 Å². The monoisotopic (exact) mass is 457 g/mol. The van der Waals surface area contributed by atoms with Gasteiger partial charge in [0.05, 0.1) is 18.7 Å². The number of hydrogen-bond acceptors (Lipinski definition) is 6. The van der Waals surface area contributed by atoms with Gasteiger partial charge < -0.3 is 19.6 Å². The van der Waals surface area contributed by atoms with Crippen LogP contribution in [-0.2, 0) is 16.3 Å². The number of ether oxygens (including phenoxy) is 1. The van der Waals surface area contributed by atoms with Gasteiger partial charge in [0.1, 0.15) is 24.0 Å². The summed E-state index contributed by atoms with van der Waals surface area (Å²) in [4.78, 5) is 20.3. The van der Waals surface area contributed by atoms with Crippen LogP contribution < -0.4 is 4.90 Å². The molecule has 2 aromatic heterocycles. The summed E-state index contributed by atoms with van der Waals surface area (Å²) >= 11 is 0. The summed E-state index contributed by atoms with van der Waals surface area (Å²) in [5.74, 6) is 2.06. The predicted molar refractivity (Wildman–Crippen MR) is 131 cm³/mol. The SMILES string of the molecule is CN1CCN(c2cc(-c3nn(COCCS(C)(C)C)c4ccc(O)cc34)ccn2)CC1=O. The maximum atomic E-state index is 12.1. The number of hydrogen-bond donors (Lipinski definition) is 1. The van der Waals surface area contributed by atoms with Crippen molar-refractivity contribution in [2.24, 2.45) is 0 Å². The number of rotatable bonds is 7. The van der Waals surface area contributed by atoms with Gasteiger partial charge in [-0.25, -0.2) is 19.7 Å². The molecule has 1 aliphatic heterocycles. The maximum Gasteiger partial charge on any atom is 0.241 e. The van der Waals surface area contributed by atoms with Crippen LogP contribution in [0.1, 0.15) is 0 Å². The second-order valence-electron chi connectivity index (χ2n) is 9.02. The van der Waals surface area contributed by atoms with Crippen LogP contribution in [0.3, 0.4) is 0 Å². The Bertz CT molecular complexity index is 1120. The van der Waals surface area contributed by atoms with Crippen LogP contribution in [0.4, 0.5) is 5.82 Å². The van der Waals surface area contributed by atoms with Gasteiger partial charge in [-0.15, -0.1) is 0 Å². The predicted octanol–water partition coefficient (Wildman–Crippen LogP) is 2.75. The number of carbonyl (C=O) groups excluding carboxylic acids is 1. The summed E-state index contributed by atoms with van der Waals surface area (Å²) in [5.41, 5.74) is 2.54. The fourth-order valence-corrected chi connectivity index (χ4v) is 4.25. The Hall–Kier alpha value is -2.78. The van der Waals surface area contributed by atoms with Crippen molar-refractivity contribution in [1.29, 1.82) is 0 Å². The Labute approximate surface area is 190 Å². The molecule has 0 radical (unpaired) electrons. The molecule has 1 fully saturated rings. The molecule has 8 nitrogen and oxygen atoms in total. The molecule has 9 heteroatoms. The van der Waals surface area contributed by atoms with Crippen LogP contribution in [0.5, 0.6) is 5.75 Å². The molecule has 1 amide bonds. The van der Waals surface area contributed by atoms with Crippen molar-refractivity contribution in [3.8, 4) is 17.0 Å². The van der Waals surface area contributed by atoms with E-state index in [4.69, 9.17) is 9.84 Å². The van der Waals surface area contributed by atoms with Gasteiger partial charge >= 0.3 is 0 Å². The van der Waals surface area contributed by atoms with Gasteiger partial charge in [0, 0.05) is 43.0 Å². The van der Waals surface area contributed by atoms with E-state index in [9.17, 15) is 9.90 Å². The molecule has 1 N–H and O–H groups in total. The normalized spacial score (nSPS) is 15.6. The first-order chi connectivity index (χ1) is 15.2. The molecule has 4 rings (SSSR count). The van der Waals surface area contributed by atoms with E-state index in [0.29, 0.717) is 26.4 Å². The number of pyridine rings is 1. The molecular weight excluding hydrogens is 426 g/mol. The largest absolute Gasteiger partial charge is 0.508 e. The Kier molecular flexibility index (Phi) is 6.30. The highest BCUT2D eigenvalue weighted by Gasteiger charge is 2.23. The Balaban J connectivity index is 1.63. The van der Waals surface area contributed by atoms with Gasteiger partial charge in [0.2, 0.25) is 5.91 Å². The molecule has 0 atom stereocenters. The van der Waals surface area contributed by atoms with Gasteiger partial charge in [0.15, 0.2) is 0 Å². The number of likely N-dealkylation sites (N-methyl/N-ethyl adjacent to an activating group) is 1. The van der Waals surface area contributed by atoms with Crippen molar-refractivity contribution in [3.05, 3.63) is 36.5 Å². The summed E-state index contributed by atoms with van der Waals surface area (Å²) < 4.78 is 7.76. The zero-order chi connectivity index (χ0) is 22.9. The van der Waals surface area contributed by atoms with E-state index in [1.807, 2.05) is 34.8 Å². The highest BCUT2D eigenvalue weighted by atomic mass is 32.3. The van der Waals surface area contributed by atoms with Crippen molar-refractivity contribution in [2.45, 2.75) is 6.73 Å². The fourth-order valence-electron chi connectivity index (χ4n) is 3.63. The lowest BCUT2D eigenvalue weighted by molar-refractivity contribution is -0.129. The highest BCUT2D eigenvalue weighted by Crippen LogP contribution is 2.34. The number of piperazine rings is 1. The molecule has 32 heavy (non-hydrogen) atoms. The molecule has 0 unspecified atom stereocenters. The molecule has 0 bridgehead atoms. The Morgan fingerprint density at radius 2 is 1.97 bits per heavy atom. The van der Waals surface area contributed by atoms with Gasteiger partial charge in [-0.1, -0.05) is 0 Å². The smallest absolute Gasteiger partial charge is 0.241 e. The zero-order valence-corrected chi connectivity index (χ0v) is 19.9. The van der Waals surface area contributed by atoms with Crippen molar-refractivity contribution < 1.29 is 14.6 Å². The van der Waals surface area contributed by atoms with E-state index >= 15 is 0 Å². The van der Waals surface area contributed by atoms with Crippen LogP contribution in [-0.4, -0.2) is 88.5 Å². The number of benzene rings is 1. The van der Waals surface area contributed by atoms with Crippen LogP contribution in [0.2, 0.25) is 0 Å². The first-order valence-corrected chi connectivity index (χ1v) is 13.6. The van der Waals surface area contributed by atoms with E-state index < -0.39 is 10.0 Å². The second-order valence-corrected chi connectivity index (χ2v) is 13.6. The van der Waals surface area contributed by atoms with Gasteiger partial charge in [0.25, 0.3) is 0 Å². The van der Waals surface area contributed by atoms with Gasteiger partial charge in [-0.3, -0.25) is 4.79 Å². The molecule has 1 aliphatic rings. The number of aromatic hydroxyl groups is 1. The lowest BCUT2D eigenvalue weighted by atomic mass is 10.1. The standard InChI is InChI=1S/C23H31N5O3S/c1-26-9-10-27(15-22(26)30)21-13-17(7-8-24-21)23-19-14-18(29)5-6-20(19)28(25-23)16-31-11-12-32(2,3)4/h5-8,13-14,29H,9-12,15-16H2,1-4H3. The zero-order valence-electron chi connectivity index (χ0n) is 19.1. The van der Waals surface area contributed by atoms with Crippen LogP contribution in [0.15, 0.2) is 36.5 Å². The number of anilines is 1. The minimum absolute atomic E-state index is 0.0809. The molecule has 1 aromatic carbocycles. The van der Waals surface area contributed by atoms with Crippen molar-refractivity contribution >= 4 is 32.7 Å². The van der Waals surface area contributed by atoms with Crippen molar-refractivity contribution in [1.82, 2.24) is 19.7 Å². The maximum absolute atomic E-state index is 12.1. The molecular formula is C23H31N5O3S. The quantitative estimate of drug-likeness (QED) is 0.550. The molecule has 0 aliphatic carbocycles. The van der Waals surface area contributed by atoms with Crippen LogP contribution in [0.25, 0.3) is 22.2 Å². The molecule has 0 saturated carbocycles. The minimum atomic E-state index is -0.614. The highest BCUT2D eigenvalue weighted by molar-refractivity contribution is 8.32. The summed E-state index contributed by atoms with van der Waals surface area (Å²) in [6, 6.07) is 9.12. The topological polar surface area (TPSA) is 83.7 Å². The number of aromatic nitrogens is 3. The van der Waals surface area contributed by atoms with E-state index in [1.165, 1.54) is 0 Å². The summed E-state index contributed by atoms with van der Waals surface area (Å²) in [5, 5.41) is 15.8. The molecule has 172 valence electrons. The summed E-state index contributed by atoms with van der Waals surface area (Å²) in [6.07, 6.45) is 8.56. The first-order valence-electron chi connectivity index (χ1n) is 10.6. The Morgan fingerprint density at radius 1 is 1.16 bits per heavy atom. The Morgan fingerprint density at radius 3 is 2.72 bits per heavy atom. The van der Waals surface area contributed by atoms with E-state index in [-0.39, 0.29) is 11.7 Å². The van der Waals surface area contributed by atoms with E-state index in [1.54, 1.807) is 23.2 Å². The number of fused-ring (bicyclic) bond motifs is 1. The average molecular weight is 458 g/mol. The third kappa shape index (κ3) is 4.99. The molecule has 3 aromatic rings. The van der Waals surface area contributed by atoms with Gasteiger partial charge in [-0.05, 0) is 49.1 Å². The second kappa shape index (κ2) is 8.99. The van der Waals surface area contributed by atoms with E-state index in [2.05, 4.69) is 23.8 Å². The number of phenols is 1. The summed E-state index contributed by atoms with van der Waals surface area (Å²) in [7, 11) is 1.21. The van der Waals surface area contributed by atoms with Crippen molar-refractivity contribution in [3.63, 3.8) is 0 Å². The molecule has 0 spiro atoms. The first kappa shape index (κ1) is 22.4. The molecule has 1 saturated heterocycles. The fraction of sp³-hybridized carbons (Fsp3) is 0.435. The molecule has 3 heterocycles. The lowest BCUT2D eigenvalue weighted by Gasteiger charge is -2.32. The third-order valence-corrected chi connectivity index (χ3v) is 6.98. The minimum Gasteiger partial charge on any atom is -0.508 e.